The van der Waals surface area contributed by atoms with Crippen molar-refractivity contribution in [2.24, 2.45) is 15.0 Å². The van der Waals surface area contributed by atoms with Crippen LogP contribution in [0.5, 0.6) is 0 Å². The quantitative estimate of drug-likeness (QED) is 0.451. The third kappa shape index (κ3) is 0.634. The van der Waals surface area contributed by atoms with E-state index in [-0.39, 0.29) is 5.04 Å². The molecule has 6 heteroatoms. The molecule has 0 amide bonds. The molecule has 5 nitrogen and oxygen atoms in total. The van der Waals surface area contributed by atoms with Gasteiger partial charge in [0.2, 0.25) is 5.84 Å². The van der Waals surface area contributed by atoms with Crippen LogP contribution in [0, 0.1) is 0 Å². The van der Waals surface area contributed by atoms with Crippen LogP contribution in [-0.2, 0) is 11.2 Å². The van der Waals surface area contributed by atoms with Gasteiger partial charge in [0, 0.05) is 0 Å². The SMILES string of the molecule is [O-][S+]1C2=NC=NC2=NC1O. The molecule has 0 saturated heterocycles. The minimum atomic E-state index is -1.50. The molecule has 2 heterocycles. The Morgan fingerprint density at radius 1 is 1.70 bits per heavy atom. The Labute approximate surface area is 59.4 Å². The number of hydrogen-bond acceptors (Lipinski definition) is 5. The van der Waals surface area contributed by atoms with E-state index < -0.39 is 16.7 Å². The first-order valence-corrected chi connectivity index (χ1v) is 3.77. The molecule has 0 spiro atoms. The molecular formula is C4H3N3O2S. The average molecular weight is 157 g/mol. The lowest BCUT2D eigenvalue weighted by Crippen LogP contribution is -2.21. The number of amidine groups is 1. The molecule has 10 heavy (non-hydrogen) atoms. The van der Waals surface area contributed by atoms with Crippen molar-refractivity contribution in [2.75, 3.05) is 0 Å². The number of aliphatic hydroxyl groups is 1. The van der Waals surface area contributed by atoms with Gasteiger partial charge in [-0.2, -0.15) is 9.98 Å². The fourth-order valence-corrected chi connectivity index (χ4v) is 1.56. The highest BCUT2D eigenvalue weighted by atomic mass is 32.2. The van der Waals surface area contributed by atoms with Crippen LogP contribution in [0.25, 0.3) is 0 Å². The topological polar surface area (TPSA) is 80.4 Å². The minimum absolute atomic E-state index is 0.285. The Balaban J connectivity index is 2.41. The van der Waals surface area contributed by atoms with Crippen LogP contribution in [0.4, 0.5) is 0 Å². The summed E-state index contributed by atoms with van der Waals surface area (Å²) < 4.78 is 10.9. The molecule has 52 valence electrons. The molecule has 2 atom stereocenters. The zero-order valence-electron chi connectivity index (χ0n) is 4.76. The van der Waals surface area contributed by atoms with Crippen molar-refractivity contribution >= 4 is 28.4 Å². The van der Waals surface area contributed by atoms with E-state index in [1.54, 1.807) is 0 Å². The van der Waals surface area contributed by atoms with Crippen molar-refractivity contribution in [3.05, 3.63) is 0 Å². The first-order chi connectivity index (χ1) is 4.79. The van der Waals surface area contributed by atoms with Gasteiger partial charge < -0.3 is 9.66 Å². The van der Waals surface area contributed by atoms with Crippen molar-refractivity contribution in [3.8, 4) is 0 Å². The van der Waals surface area contributed by atoms with E-state index in [0.717, 1.165) is 0 Å². The van der Waals surface area contributed by atoms with E-state index in [4.69, 9.17) is 5.11 Å². The number of aliphatic hydroxyl groups excluding tert-OH is 1. The zero-order chi connectivity index (χ0) is 7.14. The molecule has 0 radical (unpaired) electrons. The van der Waals surface area contributed by atoms with Gasteiger partial charge in [-0.3, -0.25) is 0 Å². The summed E-state index contributed by atoms with van der Waals surface area (Å²) in [6.45, 7) is 0. The Hall–Kier alpha value is -0.720. The molecule has 0 aromatic heterocycles. The molecule has 0 aromatic rings. The van der Waals surface area contributed by atoms with Crippen LogP contribution in [0.2, 0.25) is 0 Å². The highest BCUT2D eigenvalue weighted by Crippen LogP contribution is 2.16. The summed E-state index contributed by atoms with van der Waals surface area (Å²) in [6, 6.07) is 0. The highest BCUT2D eigenvalue weighted by Gasteiger charge is 2.39. The lowest BCUT2D eigenvalue weighted by Gasteiger charge is -2.02. The first kappa shape index (κ1) is 6.02. The number of nitrogens with zero attached hydrogens (tertiary/aromatic N) is 3. The third-order valence-electron chi connectivity index (χ3n) is 1.16. The van der Waals surface area contributed by atoms with Gasteiger partial charge in [0.1, 0.15) is 6.34 Å². The maximum atomic E-state index is 10.9. The Morgan fingerprint density at radius 3 is 3.20 bits per heavy atom. The molecule has 1 N–H and O–H groups in total. The maximum absolute atomic E-state index is 10.9. The number of aliphatic imine (C=N–C) groups is 3. The van der Waals surface area contributed by atoms with E-state index in [1.807, 2.05) is 0 Å². The number of rotatable bonds is 0. The van der Waals surface area contributed by atoms with Gasteiger partial charge in [0.05, 0.1) is 11.2 Å². The summed E-state index contributed by atoms with van der Waals surface area (Å²) >= 11 is -1.50. The highest BCUT2D eigenvalue weighted by molar-refractivity contribution is 8.09. The smallest absolute Gasteiger partial charge is 0.321 e. The molecule has 0 fully saturated rings. The first-order valence-electron chi connectivity index (χ1n) is 2.56. The minimum Gasteiger partial charge on any atom is -0.606 e. The molecule has 0 bridgehead atoms. The lowest BCUT2D eigenvalue weighted by molar-refractivity contribution is 0.263. The van der Waals surface area contributed by atoms with Crippen LogP contribution in [0.15, 0.2) is 15.0 Å². The van der Waals surface area contributed by atoms with Gasteiger partial charge in [-0.05, 0) is 0 Å². The van der Waals surface area contributed by atoms with Crippen LogP contribution in [0.3, 0.4) is 0 Å². The van der Waals surface area contributed by atoms with Gasteiger partial charge >= 0.3 is 5.56 Å². The molecule has 2 aliphatic rings. The van der Waals surface area contributed by atoms with Crippen LogP contribution < -0.4 is 0 Å². The fraction of sp³-hybridized carbons (Fsp3) is 0.250. The van der Waals surface area contributed by atoms with Crippen LogP contribution >= 0.6 is 0 Å². The van der Waals surface area contributed by atoms with Crippen molar-refractivity contribution in [2.45, 2.75) is 5.56 Å². The van der Waals surface area contributed by atoms with Crippen LogP contribution in [-0.4, -0.2) is 32.4 Å². The summed E-state index contributed by atoms with van der Waals surface area (Å²) in [5, 5.41) is 9.15. The van der Waals surface area contributed by atoms with Gasteiger partial charge in [-0.25, -0.2) is 4.99 Å². The second-order valence-electron chi connectivity index (χ2n) is 1.76. The van der Waals surface area contributed by atoms with Crippen molar-refractivity contribution < 1.29 is 9.66 Å². The second kappa shape index (κ2) is 1.88. The summed E-state index contributed by atoms with van der Waals surface area (Å²) in [5.74, 6) is 0.297. The lowest BCUT2D eigenvalue weighted by atomic mass is 10.7. The van der Waals surface area contributed by atoms with Gasteiger partial charge in [-0.1, -0.05) is 0 Å². The molecule has 2 aliphatic heterocycles. The second-order valence-corrected chi connectivity index (χ2v) is 3.16. The van der Waals surface area contributed by atoms with E-state index in [1.165, 1.54) is 6.34 Å². The summed E-state index contributed by atoms with van der Waals surface area (Å²) in [7, 11) is 0. The molecule has 0 aliphatic carbocycles. The Bertz CT molecular complexity index is 259. The van der Waals surface area contributed by atoms with Crippen molar-refractivity contribution in [1.82, 2.24) is 0 Å². The summed E-state index contributed by atoms with van der Waals surface area (Å²) in [6.07, 6.45) is 1.28. The standard InChI is InChI=1S/C4H3N3O2S/c8-4-7-2-3(10(4)9)6-1-5-2/h1,4,8H. The maximum Gasteiger partial charge on any atom is 0.321 e. The summed E-state index contributed by atoms with van der Waals surface area (Å²) in [4.78, 5) is 10.9. The largest absolute Gasteiger partial charge is 0.606 e. The van der Waals surface area contributed by atoms with Crippen LogP contribution in [0.1, 0.15) is 0 Å². The molecule has 2 unspecified atom stereocenters. The van der Waals surface area contributed by atoms with E-state index in [0.29, 0.717) is 5.84 Å². The monoisotopic (exact) mass is 157 g/mol. The number of hydrogen-bond donors (Lipinski definition) is 1. The Kier molecular flexibility index (Phi) is 1.13. The average Bonchev–Trinajstić information content (AvgIpc) is 2.41. The van der Waals surface area contributed by atoms with Gasteiger partial charge in [-0.15, -0.1) is 0 Å². The number of fused-ring (bicyclic) bond motifs is 1. The van der Waals surface area contributed by atoms with E-state index >= 15 is 0 Å². The molecule has 0 saturated carbocycles. The predicted octanol–water partition coefficient (Wildman–Crippen LogP) is -1.14. The van der Waals surface area contributed by atoms with E-state index in [9.17, 15) is 4.55 Å². The zero-order valence-corrected chi connectivity index (χ0v) is 5.58. The predicted molar refractivity (Wildman–Crippen MR) is 37.5 cm³/mol. The molecule has 0 aromatic carbocycles. The summed E-state index contributed by atoms with van der Waals surface area (Å²) in [5.41, 5.74) is -1.16. The third-order valence-corrected chi connectivity index (χ3v) is 2.32. The van der Waals surface area contributed by atoms with Crippen molar-refractivity contribution in [1.29, 1.82) is 0 Å². The van der Waals surface area contributed by atoms with Gasteiger partial charge in [0.15, 0.2) is 0 Å². The van der Waals surface area contributed by atoms with E-state index in [2.05, 4.69) is 15.0 Å². The Morgan fingerprint density at radius 2 is 2.50 bits per heavy atom. The normalized spacial score (nSPS) is 35.8. The fourth-order valence-electron chi connectivity index (χ4n) is 0.732. The molecular weight excluding hydrogens is 154 g/mol. The van der Waals surface area contributed by atoms with Crippen molar-refractivity contribution in [3.63, 3.8) is 0 Å². The van der Waals surface area contributed by atoms with Gasteiger partial charge in [0.25, 0.3) is 5.04 Å². The molecule has 2 rings (SSSR count).